The fraction of sp³-hybridized carbons (Fsp3) is 0.364. The summed E-state index contributed by atoms with van der Waals surface area (Å²) in [6.45, 7) is 8.85. The number of aromatic nitrogens is 1. The van der Waals surface area contributed by atoms with Crippen LogP contribution in [0.2, 0.25) is 0 Å². The molecule has 1 heterocycles. The molecule has 1 aromatic heterocycles. The van der Waals surface area contributed by atoms with Crippen LogP contribution in [0, 0.1) is 11.6 Å². The molecule has 8 heteroatoms. The highest BCUT2D eigenvalue weighted by Crippen LogP contribution is 2.35. The number of anilines is 1. The van der Waals surface area contributed by atoms with Crippen molar-refractivity contribution in [1.29, 1.82) is 0 Å². The molecule has 5 nitrogen and oxygen atoms in total. The van der Waals surface area contributed by atoms with E-state index < -0.39 is 23.1 Å². The normalized spacial score (nSPS) is 11.3. The first-order valence-electron chi connectivity index (χ1n) is 10.0. The Bertz CT molecular complexity index is 1000. The van der Waals surface area contributed by atoms with E-state index in [-0.39, 0.29) is 6.54 Å². The van der Waals surface area contributed by atoms with Crippen molar-refractivity contribution in [1.82, 2.24) is 9.88 Å². The van der Waals surface area contributed by atoms with Crippen molar-refractivity contribution >= 4 is 32.6 Å². The van der Waals surface area contributed by atoms with Gasteiger partial charge in [-0.25, -0.2) is 13.8 Å². The van der Waals surface area contributed by atoms with E-state index in [1.165, 1.54) is 22.3 Å². The number of ether oxygens (including phenoxy) is 1. The third kappa shape index (κ3) is 4.60. The number of halogens is 2. The first-order valence-corrected chi connectivity index (χ1v) is 10.8. The molecule has 0 aliphatic carbocycles. The lowest BCUT2D eigenvalue weighted by atomic mass is 10.1. The number of amides is 1. The number of thiazole rings is 1. The van der Waals surface area contributed by atoms with Gasteiger partial charge in [0.2, 0.25) is 0 Å². The number of carbonyl (C=O) groups is 1. The van der Waals surface area contributed by atoms with Gasteiger partial charge in [-0.15, -0.1) is 0 Å². The van der Waals surface area contributed by atoms with Crippen molar-refractivity contribution in [3.05, 3.63) is 53.6 Å². The van der Waals surface area contributed by atoms with Gasteiger partial charge in [0.1, 0.15) is 28.5 Å². The first kappa shape index (κ1) is 22.1. The summed E-state index contributed by atoms with van der Waals surface area (Å²) in [6.07, 6.45) is 0. The molecular formula is C22H25F2N3O2S. The molecule has 30 heavy (non-hydrogen) atoms. The van der Waals surface area contributed by atoms with E-state index in [1.54, 1.807) is 0 Å². The fourth-order valence-corrected chi connectivity index (χ4v) is 4.21. The Morgan fingerprint density at radius 3 is 2.33 bits per heavy atom. The topological polar surface area (TPSA) is 45.7 Å². The minimum Gasteiger partial charge on any atom is -0.492 e. The summed E-state index contributed by atoms with van der Waals surface area (Å²) in [5, 5.41) is 0.386. The quantitative estimate of drug-likeness (QED) is 0.478. The maximum atomic E-state index is 14.3. The Morgan fingerprint density at radius 2 is 1.70 bits per heavy atom. The van der Waals surface area contributed by atoms with Gasteiger partial charge in [-0.3, -0.25) is 9.69 Å². The van der Waals surface area contributed by atoms with Gasteiger partial charge in [-0.1, -0.05) is 37.3 Å². The molecule has 0 saturated heterocycles. The van der Waals surface area contributed by atoms with Crippen molar-refractivity contribution < 1.29 is 18.3 Å². The molecule has 3 aromatic rings. The maximum absolute atomic E-state index is 14.3. The molecule has 0 aliphatic rings. The minimum atomic E-state index is -0.885. The fourth-order valence-electron chi connectivity index (χ4n) is 3.20. The molecule has 0 unspecified atom stereocenters. The van der Waals surface area contributed by atoms with Crippen LogP contribution in [0.1, 0.15) is 31.1 Å². The van der Waals surface area contributed by atoms with Gasteiger partial charge >= 0.3 is 0 Å². The van der Waals surface area contributed by atoms with Crippen LogP contribution in [0.5, 0.6) is 5.75 Å². The molecule has 1 amide bonds. The van der Waals surface area contributed by atoms with Gasteiger partial charge in [0.05, 0.1) is 11.3 Å². The lowest BCUT2D eigenvalue weighted by Crippen LogP contribution is -2.39. The summed E-state index contributed by atoms with van der Waals surface area (Å²) < 4.78 is 35.2. The Kier molecular flexibility index (Phi) is 7.33. The highest BCUT2D eigenvalue weighted by molar-refractivity contribution is 7.22. The van der Waals surface area contributed by atoms with Crippen molar-refractivity contribution in [2.75, 3.05) is 37.7 Å². The van der Waals surface area contributed by atoms with E-state index in [4.69, 9.17) is 4.74 Å². The molecule has 0 radical (unpaired) electrons. The lowest BCUT2D eigenvalue weighted by Gasteiger charge is -2.25. The van der Waals surface area contributed by atoms with Crippen LogP contribution in [0.4, 0.5) is 13.9 Å². The van der Waals surface area contributed by atoms with Crippen molar-refractivity contribution in [3.63, 3.8) is 0 Å². The zero-order valence-electron chi connectivity index (χ0n) is 17.3. The average Bonchev–Trinajstić information content (AvgIpc) is 3.16. The second kappa shape index (κ2) is 9.95. The van der Waals surface area contributed by atoms with Gasteiger partial charge in [-0.05, 0) is 44.3 Å². The molecule has 3 rings (SSSR count). The Balaban J connectivity index is 2.04. The molecule has 0 saturated carbocycles. The van der Waals surface area contributed by atoms with E-state index in [1.807, 2.05) is 39.0 Å². The van der Waals surface area contributed by atoms with Crippen molar-refractivity contribution in [2.45, 2.75) is 20.8 Å². The number of likely N-dealkylation sites (N-methyl/N-ethyl adjacent to an activating group) is 1. The third-order valence-electron chi connectivity index (χ3n) is 4.86. The number of hydrogen-bond donors (Lipinski definition) is 0. The molecular weight excluding hydrogens is 408 g/mol. The minimum absolute atomic E-state index is 0.262. The number of hydrogen-bond acceptors (Lipinski definition) is 5. The Morgan fingerprint density at radius 1 is 1.03 bits per heavy atom. The van der Waals surface area contributed by atoms with Gasteiger partial charge in [0.15, 0.2) is 5.13 Å². The Labute approximate surface area is 178 Å². The second-order valence-corrected chi connectivity index (χ2v) is 7.62. The monoisotopic (exact) mass is 433 g/mol. The van der Waals surface area contributed by atoms with Crippen LogP contribution in [0.15, 0.2) is 36.4 Å². The zero-order chi connectivity index (χ0) is 21.7. The first-order chi connectivity index (χ1) is 14.5. The van der Waals surface area contributed by atoms with Crippen molar-refractivity contribution in [3.8, 4) is 5.75 Å². The number of rotatable bonds is 9. The molecule has 0 N–H and O–H groups in total. The highest BCUT2D eigenvalue weighted by Gasteiger charge is 2.27. The van der Waals surface area contributed by atoms with Crippen LogP contribution >= 0.6 is 11.3 Å². The van der Waals surface area contributed by atoms with Gasteiger partial charge < -0.3 is 9.64 Å². The number of benzene rings is 2. The summed E-state index contributed by atoms with van der Waals surface area (Å²) >= 11 is 1.30. The highest BCUT2D eigenvalue weighted by atomic mass is 32.1. The van der Waals surface area contributed by atoms with Crippen LogP contribution in [-0.2, 0) is 0 Å². The van der Waals surface area contributed by atoms with Gasteiger partial charge in [-0.2, -0.15) is 0 Å². The summed E-state index contributed by atoms with van der Waals surface area (Å²) in [5.41, 5.74) is 0.0651. The van der Waals surface area contributed by atoms with E-state index in [0.29, 0.717) is 29.5 Å². The van der Waals surface area contributed by atoms with E-state index in [9.17, 15) is 13.6 Å². The van der Waals surface area contributed by atoms with Crippen LogP contribution in [-0.4, -0.2) is 48.6 Å². The van der Waals surface area contributed by atoms with Crippen LogP contribution < -0.4 is 9.64 Å². The van der Waals surface area contributed by atoms with Crippen LogP contribution in [0.3, 0.4) is 0 Å². The molecule has 0 spiro atoms. The van der Waals surface area contributed by atoms with E-state index in [0.717, 1.165) is 29.9 Å². The summed E-state index contributed by atoms with van der Waals surface area (Å²) in [5.74, 6) is -1.90. The number of carbonyl (C=O) groups excluding carboxylic acids is 1. The third-order valence-corrected chi connectivity index (χ3v) is 5.90. The molecule has 160 valence electrons. The molecule has 0 bridgehead atoms. The maximum Gasteiger partial charge on any atom is 0.266 e. The average molecular weight is 434 g/mol. The molecule has 0 fully saturated rings. The smallest absolute Gasteiger partial charge is 0.266 e. The summed E-state index contributed by atoms with van der Waals surface area (Å²) in [6, 6.07) is 8.97. The molecule has 0 atom stereocenters. The van der Waals surface area contributed by atoms with E-state index >= 15 is 0 Å². The van der Waals surface area contributed by atoms with E-state index in [2.05, 4.69) is 9.88 Å². The predicted octanol–water partition coefficient (Wildman–Crippen LogP) is 4.96. The lowest BCUT2D eigenvalue weighted by molar-refractivity contribution is 0.0975. The number of nitrogens with zero attached hydrogens (tertiary/aromatic N) is 3. The summed E-state index contributed by atoms with van der Waals surface area (Å²) in [4.78, 5) is 21.3. The van der Waals surface area contributed by atoms with Gasteiger partial charge in [0, 0.05) is 13.1 Å². The molecule has 2 aromatic carbocycles. The van der Waals surface area contributed by atoms with Crippen molar-refractivity contribution in [2.24, 2.45) is 0 Å². The SMILES string of the molecule is CCOc1cccc2sc(N(CCN(CC)CC)C(=O)c3c(F)cccc3F)nc12. The standard InChI is InChI=1S/C22H25F2N3O2S/c1-4-26(5-2)13-14-27(21(28)19-15(23)9-7-10-16(19)24)22-25-20-17(29-6-3)11-8-12-18(20)30-22/h7-12H,4-6,13-14H2,1-3H3. The number of para-hydroxylation sites is 1. The predicted molar refractivity (Wildman–Crippen MR) is 117 cm³/mol. The Hall–Kier alpha value is -2.58. The number of fused-ring (bicyclic) bond motifs is 1. The zero-order valence-corrected chi connectivity index (χ0v) is 18.1. The van der Waals surface area contributed by atoms with Crippen LogP contribution in [0.25, 0.3) is 10.2 Å². The summed E-state index contributed by atoms with van der Waals surface area (Å²) in [7, 11) is 0. The second-order valence-electron chi connectivity index (χ2n) is 6.61. The molecule has 0 aliphatic heterocycles. The van der Waals surface area contributed by atoms with Gasteiger partial charge in [0.25, 0.3) is 5.91 Å². The largest absolute Gasteiger partial charge is 0.492 e.